The average Bonchev–Trinajstić information content (AvgIpc) is 2.83. The molecule has 0 unspecified atom stereocenters. The molecule has 35 heavy (non-hydrogen) atoms. The third kappa shape index (κ3) is 6.21. The van der Waals surface area contributed by atoms with Gasteiger partial charge in [0.1, 0.15) is 12.3 Å². The third-order valence-electron chi connectivity index (χ3n) is 5.01. The number of non-ortho nitro benzene ring substituents is 1. The van der Waals surface area contributed by atoms with E-state index in [9.17, 15) is 23.3 Å². The predicted molar refractivity (Wildman–Crippen MR) is 132 cm³/mol. The molecule has 0 heterocycles. The molecule has 3 rings (SSSR count). The van der Waals surface area contributed by atoms with E-state index in [2.05, 4.69) is 10.5 Å². The minimum atomic E-state index is -4.13. The zero-order valence-corrected chi connectivity index (χ0v) is 20.2. The third-order valence-corrected chi connectivity index (χ3v) is 6.78. The molecular weight excluding hydrogens is 472 g/mol. The summed E-state index contributed by atoms with van der Waals surface area (Å²) in [6.45, 7) is 3.08. The summed E-state index contributed by atoms with van der Waals surface area (Å²) in [6.07, 6.45) is 1.30. The van der Waals surface area contributed by atoms with Crippen molar-refractivity contribution in [2.45, 2.75) is 18.7 Å². The molecular formula is C24H24N4O6S. The van der Waals surface area contributed by atoms with Gasteiger partial charge in [-0.05, 0) is 61.4 Å². The Balaban J connectivity index is 1.88. The van der Waals surface area contributed by atoms with Crippen molar-refractivity contribution in [2.24, 2.45) is 5.10 Å². The number of hydrazone groups is 1. The number of carbonyl (C=O) groups excluding carboxylic acids is 1. The molecule has 0 radical (unpaired) electrons. The van der Waals surface area contributed by atoms with Crippen molar-refractivity contribution in [3.8, 4) is 5.75 Å². The molecule has 0 aliphatic rings. The second-order valence-electron chi connectivity index (χ2n) is 7.64. The molecule has 182 valence electrons. The zero-order chi connectivity index (χ0) is 25.6. The molecule has 0 aromatic heterocycles. The van der Waals surface area contributed by atoms with E-state index < -0.39 is 27.4 Å². The Morgan fingerprint density at radius 1 is 1.06 bits per heavy atom. The first-order chi connectivity index (χ1) is 16.6. The Morgan fingerprint density at radius 3 is 2.29 bits per heavy atom. The van der Waals surface area contributed by atoms with Gasteiger partial charge in [-0.2, -0.15) is 5.10 Å². The highest BCUT2D eigenvalue weighted by molar-refractivity contribution is 7.92. The van der Waals surface area contributed by atoms with E-state index in [1.54, 1.807) is 37.3 Å². The zero-order valence-electron chi connectivity index (χ0n) is 19.3. The van der Waals surface area contributed by atoms with Crippen LogP contribution in [0.3, 0.4) is 0 Å². The van der Waals surface area contributed by atoms with Crippen LogP contribution in [0.15, 0.2) is 76.7 Å². The number of nitrogens with one attached hydrogen (secondary N) is 1. The van der Waals surface area contributed by atoms with Crippen molar-refractivity contribution in [3.63, 3.8) is 0 Å². The molecule has 0 fully saturated rings. The summed E-state index contributed by atoms with van der Waals surface area (Å²) >= 11 is 0. The number of sulfonamides is 1. The van der Waals surface area contributed by atoms with Gasteiger partial charge in [-0.3, -0.25) is 19.2 Å². The Hall–Kier alpha value is -4.25. The number of rotatable bonds is 9. The quantitative estimate of drug-likeness (QED) is 0.274. The SMILES string of the molecule is COc1ccc(C)cc1N(CC(=O)N/N=C\c1ccc([N+](=O)[O-])cc1)S(=O)(=O)c1ccc(C)cc1. The summed E-state index contributed by atoms with van der Waals surface area (Å²) in [5.74, 6) is -0.407. The molecule has 1 N–H and O–H groups in total. The number of anilines is 1. The lowest BCUT2D eigenvalue weighted by Gasteiger charge is -2.25. The van der Waals surface area contributed by atoms with Crippen LogP contribution in [0.2, 0.25) is 0 Å². The molecule has 0 aliphatic carbocycles. The van der Waals surface area contributed by atoms with Crippen molar-refractivity contribution < 1.29 is 22.9 Å². The largest absolute Gasteiger partial charge is 0.495 e. The number of ether oxygens (including phenoxy) is 1. The number of nitro benzene ring substituents is 1. The van der Waals surface area contributed by atoms with Gasteiger partial charge >= 0.3 is 0 Å². The monoisotopic (exact) mass is 496 g/mol. The van der Waals surface area contributed by atoms with Gasteiger partial charge in [-0.1, -0.05) is 23.8 Å². The summed E-state index contributed by atoms with van der Waals surface area (Å²) in [5.41, 5.74) is 4.62. The minimum Gasteiger partial charge on any atom is -0.495 e. The number of hydrogen-bond donors (Lipinski definition) is 1. The first-order valence-corrected chi connectivity index (χ1v) is 11.9. The molecule has 0 saturated carbocycles. The highest BCUT2D eigenvalue weighted by Gasteiger charge is 2.29. The first kappa shape index (κ1) is 25.4. The fraction of sp³-hybridized carbons (Fsp3) is 0.167. The van der Waals surface area contributed by atoms with Gasteiger partial charge in [-0.15, -0.1) is 0 Å². The Bertz CT molecular complexity index is 1350. The van der Waals surface area contributed by atoms with E-state index in [1.807, 2.05) is 6.92 Å². The standard InChI is InChI=1S/C24H24N4O6S/c1-17-4-11-21(12-5-17)35(32,33)27(22-14-18(2)6-13-23(22)34-3)16-24(29)26-25-15-19-7-9-20(10-8-19)28(30)31/h4-15H,16H2,1-3H3,(H,26,29)/b25-15-. The molecule has 0 aliphatic heterocycles. The molecule has 3 aromatic rings. The molecule has 3 aromatic carbocycles. The number of nitrogens with zero attached hydrogens (tertiary/aromatic N) is 3. The summed E-state index contributed by atoms with van der Waals surface area (Å²) in [5, 5.41) is 14.6. The van der Waals surface area contributed by atoms with E-state index in [0.29, 0.717) is 5.56 Å². The lowest BCUT2D eigenvalue weighted by Crippen LogP contribution is -2.39. The van der Waals surface area contributed by atoms with Crippen molar-refractivity contribution in [1.29, 1.82) is 0 Å². The predicted octanol–water partition coefficient (Wildman–Crippen LogP) is 3.57. The summed E-state index contributed by atoms with van der Waals surface area (Å²) < 4.78 is 33.4. The normalized spacial score (nSPS) is 11.3. The number of benzene rings is 3. The lowest BCUT2D eigenvalue weighted by molar-refractivity contribution is -0.384. The molecule has 11 heteroatoms. The van der Waals surface area contributed by atoms with E-state index >= 15 is 0 Å². The number of hydrogen-bond acceptors (Lipinski definition) is 7. The Kier molecular flexibility index (Phi) is 7.82. The number of amides is 1. The maximum atomic E-state index is 13.5. The first-order valence-electron chi connectivity index (χ1n) is 10.4. The van der Waals surface area contributed by atoms with Crippen molar-refractivity contribution in [3.05, 3.63) is 93.5 Å². The second-order valence-corrected chi connectivity index (χ2v) is 9.50. The van der Waals surface area contributed by atoms with Gasteiger partial charge in [-0.25, -0.2) is 13.8 Å². The molecule has 0 saturated heterocycles. The van der Waals surface area contributed by atoms with E-state index in [1.165, 1.54) is 49.7 Å². The van der Waals surface area contributed by atoms with Crippen LogP contribution in [-0.2, 0) is 14.8 Å². The maximum absolute atomic E-state index is 13.5. The van der Waals surface area contributed by atoms with Crippen molar-refractivity contribution in [1.82, 2.24) is 5.43 Å². The molecule has 0 spiro atoms. The Morgan fingerprint density at radius 2 is 1.69 bits per heavy atom. The number of carbonyl (C=O) groups is 1. The van der Waals surface area contributed by atoms with Gasteiger partial charge in [0.05, 0.1) is 28.8 Å². The highest BCUT2D eigenvalue weighted by atomic mass is 32.2. The number of nitro groups is 1. The fourth-order valence-corrected chi connectivity index (χ4v) is 4.58. The lowest BCUT2D eigenvalue weighted by atomic mass is 10.2. The van der Waals surface area contributed by atoms with Gasteiger partial charge in [0.2, 0.25) is 0 Å². The molecule has 0 bridgehead atoms. The summed E-state index contributed by atoms with van der Waals surface area (Å²) in [4.78, 5) is 23.0. The van der Waals surface area contributed by atoms with E-state index in [-0.39, 0.29) is 22.0 Å². The summed E-state index contributed by atoms with van der Waals surface area (Å²) in [6, 6.07) is 16.9. The van der Waals surface area contributed by atoms with Crippen LogP contribution in [0.5, 0.6) is 5.75 Å². The second kappa shape index (κ2) is 10.8. The highest BCUT2D eigenvalue weighted by Crippen LogP contribution is 2.33. The van der Waals surface area contributed by atoms with Crippen LogP contribution in [0, 0.1) is 24.0 Å². The van der Waals surface area contributed by atoms with Crippen LogP contribution in [0.4, 0.5) is 11.4 Å². The topological polar surface area (TPSA) is 131 Å². The van der Waals surface area contributed by atoms with Crippen LogP contribution in [0.25, 0.3) is 0 Å². The fourth-order valence-electron chi connectivity index (χ4n) is 3.16. The van der Waals surface area contributed by atoms with Gasteiger partial charge in [0.15, 0.2) is 0 Å². The minimum absolute atomic E-state index is 0.0221. The van der Waals surface area contributed by atoms with Crippen molar-refractivity contribution in [2.75, 3.05) is 18.0 Å². The average molecular weight is 497 g/mol. The molecule has 0 atom stereocenters. The number of aryl methyl sites for hydroxylation is 2. The van der Waals surface area contributed by atoms with Crippen molar-refractivity contribution >= 4 is 33.5 Å². The van der Waals surface area contributed by atoms with E-state index in [0.717, 1.165) is 15.4 Å². The van der Waals surface area contributed by atoms with E-state index in [4.69, 9.17) is 4.74 Å². The Labute approximate surface area is 203 Å². The number of methoxy groups -OCH3 is 1. The van der Waals surface area contributed by atoms with Gasteiger partial charge in [0.25, 0.3) is 21.6 Å². The van der Waals surface area contributed by atoms with Crippen LogP contribution < -0.4 is 14.5 Å². The van der Waals surface area contributed by atoms with Crippen LogP contribution in [0.1, 0.15) is 16.7 Å². The maximum Gasteiger partial charge on any atom is 0.269 e. The molecule has 10 nitrogen and oxygen atoms in total. The van der Waals surface area contributed by atoms with Crippen LogP contribution in [-0.4, -0.2) is 39.1 Å². The van der Waals surface area contributed by atoms with Crippen LogP contribution >= 0.6 is 0 Å². The smallest absolute Gasteiger partial charge is 0.269 e. The molecule has 1 amide bonds. The summed E-state index contributed by atoms with van der Waals surface area (Å²) in [7, 11) is -2.71. The van der Waals surface area contributed by atoms with Gasteiger partial charge < -0.3 is 4.74 Å². The van der Waals surface area contributed by atoms with Gasteiger partial charge in [0, 0.05) is 12.1 Å².